The Morgan fingerprint density at radius 3 is 2.58 bits per heavy atom. The summed E-state index contributed by atoms with van der Waals surface area (Å²) in [4.78, 5) is 11.5. The van der Waals surface area contributed by atoms with Crippen molar-refractivity contribution in [3.05, 3.63) is 23.8 Å². The number of halogens is 4. The number of nitrogens with one attached hydrogen (secondary N) is 1. The molecule has 4 nitrogen and oxygen atoms in total. The van der Waals surface area contributed by atoms with Gasteiger partial charge in [0.1, 0.15) is 5.75 Å². The Labute approximate surface area is 106 Å². The zero-order valence-corrected chi connectivity index (χ0v) is 9.92. The third-order valence-electron chi connectivity index (χ3n) is 2.23. The molecule has 0 aromatic heterocycles. The summed E-state index contributed by atoms with van der Waals surface area (Å²) in [6, 6.07) is 3.90. The van der Waals surface area contributed by atoms with Gasteiger partial charge in [0, 0.05) is 17.3 Å². The number of amides is 1. The lowest BCUT2D eigenvalue weighted by Crippen LogP contribution is -2.41. The van der Waals surface area contributed by atoms with Crippen LogP contribution in [0.15, 0.2) is 18.2 Å². The van der Waals surface area contributed by atoms with Crippen molar-refractivity contribution in [2.24, 2.45) is 0 Å². The summed E-state index contributed by atoms with van der Waals surface area (Å²) in [6.45, 7) is -1.46. The van der Waals surface area contributed by atoms with E-state index in [1.54, 1.807) is 5.32 Å². The van der Waals surface area contributed by atoms with Crippen LogP contribution in [-0.2, 0) is 0 Å². The number of benzene rings is 1. The van der Waals surface area contributed by atoms with Crippen LogP contribution in [0, 0.1) is 0 Å². The molecule has 1 aromatic carbocycles. The lowest BCUT2D eigenvalue weighted by molar-refractivity contribution is -0.123. The molecule has 0 bridgehead atoms. The fourth-order valence-electron chi connectivity index (χ4n) is 1.25. The molecule has 1 rings (SSSR count). The number of nitrogen functional groups attached to an aromatic ring is 1. The van der Waals surface area contributed by atoms with E-state index < -0.39 is 24.8 Å². The summed E-state index contributed by atoms with van der Waals surface area (Å²) < 4.78 is 53.9. The molecule has 3 N–H and O–H groups in total. The van der Waals surface area contributed by atoms with E-state index in [-0.39, 0.29) is 17.0 Å². The Kier molecular flexibility index (Phi) is 4.57. The zero-order chi connectivity index (χ0) is 14.6. The molecule has 0 radical (unpaired) electrons. The predicted molar refractivity (Wildman–Crippen MR) is 60.7 cm³/mol. The number of nitrogens with two attached hydrogens (primary N) is 1. The maximum absolute atomic E-state index is 12.6. The lowest BCUT2D eigenvalue weighted by Gasteiger charge is -2.16. The first-order valence-corrected chi connectivity index (χ1v) is 5.15. The molecule has 0 saturated carbocycles. The van der Waals surface area contributed by atoms with Gasteiger partial charge in [0.15, 0.2) is 0 Å². The topological polar surface area (TPSA) is 64.3 Å². The summed E-state index contributed by atoms with van der Waals surface area (Å²) in [6.07, 6.45) is -3.84. The van der Waals surface area contributed by atoms with E-state index in [2.05, 4.69) is 0 Å². The molecule has 19 heavy (non-hydrogen) atoms. The highest BCUT2D eigenvalue weighted by atomic mass is 19.3. The van der Waals surface area contributed by atoms with Gasteiger partial charge in [-0.15, -0.1) is 0 Å². The molecule has 8 heteroatoms. The minimum absolute atomic E-state index is 0.0538. The van der Waals surface area contributed by atoms with Crippen molar-refractivity contribution in [3.63, 3.8) is 0 Å². The molecule has 0 atom stereocenters. The molecule has 1 amide bonds. The minimum Gasteiger partial charge on any atom is -0.497 e. The first kappa shape index (κ1) is 15.1. The molecule has 0 unspecified atom stereocenters. The lowest BCUT2D eigenvalue weighted by atomic mass is 10.1. The Balaban J connectivity index is 2.76. The summed E-state index contributed by atoms with van der Waals surface area (Å²) in [5.41, 5.74) is 5.61. The van der Waals surface area contributed by atoms with Gasteiger partial charge in [0.25, 0.3) is 5.91 Å². The smallest absolute Gasteiger partial charge is 0.324 e. The van der Waals surface area contributed by atoms with Gasteiger partial charge in [0.05, 0.1) is 13.7 Å². The fraction of sp³-hybridized carbons (Fsp3) is 0.364. The van der Waals surface area contributed by atoms with E-state index in [9.17, 15) is 22.4 Å². The van der Waals surface area contributed by atoms with E-state index in [4.69, 9.17) is 10.5 Å². The van der Waals surface area contributed by atoms with E-state index in [0.717, 1.165) is 0 Å². The largest absolute Gasteiger partial charge is 0.497 e. The van der Waals surface area contributed by atoms with Crippen molar-refractivity contribution in [2.75, 3.05) is 19.4 Å². The average molecular weight is 280 g/mol. The summed E-state index contributed by atoms with van der Waals surface area (Å²) >= 11 is 0. The number of anilines is 1. The second-order valence-electron chi connectivity index (χ2n) is 3.74. The Morgan fingerprint density at radius 1 is 1.42 bits per heavy atom. The number of carbonyl (C=O) groups is 1. The van der Waals surface area contributed by atoms with E-state index in [1.165, 1.54) is 25.3 Å². The van der Waals surface area contributed by atoms with Crippen LogP contribution in [0.5, 0.6) is 5.75 Å². The third kappa shape index (κ3) is 4.01. The third-order valence-corrected chi connectivity index (χ3v) is 2.23. The van der Waals surface area contributed by atoms with Crippen molar-refractivity contribution >= 4 is 11.6 Å². The van der Waals surface area contributed by atoms with Crippen LogP contribution in [0.25, 0.3) is 0 Å². The van der Waals surface area contributed by atoms with Crippen LogP contribution in [-0.4, -0.2) is 31.9 Å². The molecule has 1 aromatic rings. The summed E-state index contributed by atoms with van der Waals surface area (Å²) in [7, 11) is 1.33. The van der Waals surface area contributed by atoms with Gasteiger partial charge in [-0.3, -0.25) is 4.79 Å². The summed E-state index contributed by atoms with van der Waals surface area (Å²) in [5.74, 6) is -4.96. The SMILES string of the molecule is COc1cc(N)cc(C(=O)NCC(F)(F)C(F)F)c1. The number of methoxy groups -OCH3 is 1. The molecule has 0 saturated heterocycles. The second kappa shape index (κ2) is 5.77. The maximum atomic E-state index is 12.6. The molecular weight excluding hydrogens is 268 g/mol. The van der Waals surface area contributed by atoms with Gasteiger partial charge >= 0.3 is 12.3 Å². The Bertz CT molecular complexity index is 466. The van der Waals surface area contributed by atoms with Crippen LogP contribution in [0.2, 0.25) is 0 Å². The predicted octanol–water partition coefficient (Wildman–Crippen LogP) is 1.91. The van der Waals surface area contributed by atoms with Crippen molar-refractivity contribution in [1.82, 2.24) is 5.32 Å². The van der Waals surface area contributed by atoms with Crippen LogP contribution >= 0.6 is 0 Å². The number of alkyl halides is 4. The van der Waals surface area contributed by atoms with Crippen LogP contribution in [0.1, 0.15) is 10.4 Å². The fourth-order valence-corrected chi connectivity index (χ4v) is 1.25. The Morgan fingerprint density at radius 2 is 2.05 bits per heavy atom. The van der Waals surface area contributed by atoms with Gasteiger partial charge in [0.2, 0.25) is 0 Å². The first-order chi connectivity index (χ1) is 8.76. The van der Waals surface area contributed by atoms with Crippen LogP contribution in [0.3, 0.4) is 0 Å². The highest BCUT2D eigenvalue weighted by Gasteiger charge is 2.40. The molecule has 0 aliphatic carbocycles. The molecule has 0 spiro atoms. The number of rotatable bonds is 5. The Hall–Kier alpha value is -1.99. The highest BCUT2D eigenvalue weighted by molar-refractivity contribution is 5.95. The first-order valence-electron chi connectivity index (χ1n) is 5.15. The van der Waals surface area contributed by atoms with Gasteiger partial charge in [-0.05, 0) is 12.1 Å². The molecule has 0 aliphatic rings. The van der Waals surface area contributed by atoms with Crippen molar-refractivity contribution < 1.29 is 27.1 Å². The minimum atomic E-state index is -4.28. The highest BCUT2D eigenvalue weighted by Crippen LogP contribution is 2.22. The number of carbonyl (C=O) groups excluding carboxylic acids is 1. The van der Waals surface area contributed by atoms with Gasteiger partial charge in [-0.1, -0.05) is 0 Å². The zero-order valence-electron chi connectivity index (χ0n) is 9.92. The molecular formula is C11H12F4N2O2. The van der Waals surface area contributed by atoms with E-state index in [0.29, 0.717) is 0 Å². The molecule has 0 fully saturated rings. The molecule has 106 valence electrons. The monoisotopic (exact) mass is 280 g/mol. The maximum Gasteiger partial charge on any atom is 0.324 e. The van der Waals surface area contributed by atoms with Crippen LogP contribution < -0.4 is 15.8 Å². The van der Waals surface area contributed by atoms with E-state index in [1.807, 2.05) is 0 Å². The average Bonchev–Trinajstić information content (AvgIpc) is 2.34. The van der Waals surface area contributed by atoms with E-state index >= 15 is 0 Å². The van der Waals surface area contributed by atoms with Gasteiger partial charge < -0.3 is 15.8 Å². The second-order valence-corrected chi connectivity index (χ2v) is 3.74. The molecule has 0 aliphatic heterocycles. The number of hydrogen-bond donors (Lipinski definition) is 2. The van der Waals surface area contributed by atoms with Crippen molar-refractivity contribution in [1.29, 1.82) is 0 Å². The molecule has 0 heterocycles. The van der Waals surface area contributed by atoms with Gasteiger partial charge in [-0.2, -0.15) is 8.78 Å². The normalized spacial score (nSPS) is 11.5. The standard InChI is InChI=1S/C11H12F4N2O2/c1-19-8-3-6(2-7(16)4-8)9(18)17-5-11(14,15)10(12)13/h2-4,10H,5,16H2,1H3,(H,17,18). The van der Waals surface area contributed by atoms with Crippen molar-refractivity contribution in [2.45, 2.75) is 12.3 Å². The van der Waals surface area contributed by atoms with Crippen LogP contribution in [0.4, 0.5) is 23.2 Å². The van der Waals surface area contributed by atoms with Crippen molar-refractivity contribution in [3.8, 4) is 5.75 Å². The number of hydrogen-bond acceptors (Lipinski definition) is 3. The number of ether oxygens (including phenoxy) is 1. The summed E-state index contributed by atoms with van der Waals surface area (Å²) in [5, 5.41) is 1.72. The van der Waals surface area contributed by atoms with Gasteiger partial charge in [-0.25, -0.2) is 8.78 Å². The quantitative estimate of drug-likeness (QED) is 0.639.